The Labute approximate surface area is 118 Å². The maximum atomic E-state index is 5.74. The molecule has 5 nitrogen and oxygen atoms in total. The molecular formula is C15H18N4O. The fourth-order valence-corrected chi connectivity index (χ4v) is 2.31. The third-order valence-corrected chi connectivity index (χ3v) is 3.29. The molecule has 1 aliphatic rings. The second-order valence-corrected chi connectivity index (χ2v) is 4.93. The van der Waals surface area contributed by atoms with Gasteiger partial charge in [0.25, 0.3) is 0 Å². The largest absolute Gasteiger partial charge is 0.439 e. The lowest BCUT2D eigenvalue weighted by Gasteiger charge is -2.32. The SMILES string of the molecule is CC1CN(c2cc(Oc3ccccc3)ncn2)CCN1. The first-order valence-electron chi connectivity index (χ1n) is 6.84. The third kappa shape index (κ3) is 3.05. The lowest BCUT2D eigenvalue weighted by atomic mass is 10.2. The molecule has 0 aliphatic carbocycles. The molecule has 1 fully saturated rings. The average molecular weight is 270 g/mol. The Morgan fingerprint density at radius 3 is 2.90 bits per heavy atom. The van der Waals surface area contributed by atoms with Gasteiger partial charge in [-0.3, -0.25) is 0 Å². The van der Waals surface area contributed by atoms with Crippen molar-refractivity contribution < 1.29 is 4.74 Å². The topological polar surface area (TPSA) is 50.3 Å². The van der Waals surface area contributed by atoms with Gasteiger partial charge >= 0.3 is 0 Å². The van der Waals surface area contributed by atoms with Crippen LogP contribution >= 0.6 is 0 Å². The van der Waals surface area contributed by atoms with E-state index in [1.54, 1.807) is 6.33 Å². The molecular weight excluding hydrogens is 252 g/mol. The number of piperazine rings is 1. The van der Waals surface area contributed by atoms with Crippen LogP contribution in [0.5, 0.6) is 11.6 Å². The Morgan fingerprint density at radius 2 is 2.10 bits per heavy atom. The van der Waals surface area contributed by atoms with Crippen molar-refractivity contribution in [3.8, 4) is 11.6 Å². The summed E-state index contributed by atoms with van der Waals surface area (Å²) < 4.78 is 5.74. The molecule has 0 spiro atoms. The van der Waals surface area contributed by atoms with Crippen LogP contribution in [0.25, 0.3) is 0 Å². The lowest BCUT2D eigenvalue weighted by molar-refractivity contribution is 0.457. The molecule has 1 aliphatic heterocycles. The molecule has 0 radical (unpaired) electrons. The molecule has 20 heavy (non-hydrogen) atoms. The Balaban J connectivity index is 1.75. The van der Waals surface area contributed by atoms with E-state index < -0.39 is 0 Å². The lowest BCUT2D eigenvalue weighted by Crippen LogP contribution is -2.49. The van der Waals surface area contributed by atoms with Crippen LogP contribution in [-0.4, -0.2) is 35.6 Å². The van der Waals surface area contributed by atoms with E-state index >= 15 is 0 Å². The molecule has 104 valence electrons. The van der Waals surface area contributed by atoms with E-state index in [9.17, 15) is 0 Å². The number of nitrogens with zero attached hydrogens (tertiary/aromatic N) is 3. The molecule has 1 aromatic heterocycles. The van der Waals surface area contributed by atoms with Crippen LogP contribution in [0.4, 0.5) is 5.82 Å². The first-order chi connectivity index (χ1) is 9.81. The van der Waals surface area contributed by atoms with E-state index in [2.05, 4.69) is 27.1 Å². The van der Waals surface area contributed by atoms with Crippen molar-refractivity contribution >= 4 is 5.82 Å². The van der Waals surface area contributed by atoms with Crippen molar-refractivity contribution in [3.63, 3.8) is 0 Å². The van der Waals surface area contributed by atoms with E-state index in [0.717, 1.165) is 31.2 Å². The second kappa shape index (κ2) is 5.88. The van der Waals surface area contributed by atoms with Crippen LogP contribution in [0, 0.1) is 0 Å². The van der Waals surface area contributed by atoms with Crippen LogP contribution in [0.2, 0.25) is 0 Å². The van der Waals surface area contributed by atoms with Gasteiger partial charge in [0, 0.05) is 31.7 Å². The summed E-state index contributed by atoms with van der Waals surface area (Å²) >= 11 is 0. The van der Waals surface area contributed by atoms with E-state index in [-0.39, 0.29) is 0 Å². The van der Waals surface area contributed by atoms with Crippen molar-refractivity contribution in [2.75, 3.05) is 24.5 Å². The standard InChI is InChI=1S/C15H18N4O/c1-12-10-19(8-7-16-12)14-9-15(18-11-17-14)20-13-5-3-2-4-6-13/h2-6,9,11-12,16H,7-8,10H2,1H3. The molecule has 0 amide bonds. The fraction of sp³-hybridized carbons (Fsp3) is 0.333. The summed E-state index contributed by atoms with van der Waals surface area (Å²) in [5, 5.41) is 3.42. The highest BCUT2D eigenvalue weighted by Gasteiger charge is 2.17. The summed E-state index contributed by atoms with van der Waals surface area (Å²) in [6.45, 7) is 5.04. The van der Waals surface area contributed by atoms with Gasteiger partial charge in [0.1, 0.15) is 17.9 Å². The van der Waals surface area contributed by atoms with Crippen LogP contribution in [-0.2, 0) is 0 Å². The van der Waals surface area contributed by atoms with Crippen molar-refractivity contribution in [2.45, 2.75) is 13.0 Å². The highest BCUT2D eigenvalue weighted by atomic mass is 16.5. The van der Waals surface area contributed by atoms with Gasteiger partial charge in [0.2, 0.25) is 5.88 Å². The number of hydrogen-bond acceptors (Lipinski definition) is 5. The summed E-state index contributed by atoms with van der Waals surface area (Å²) in [6, 6.07) is 12.0. The van der Waals surface area contributed by atoms with Crippen molar-refractivity contribution in [1.29, 1.82) is 0 Å². The first-order valence-corrected chi connectivity index (χ1v) is 6.84. The molecule has 5 heteroatoms. The number of aromatic nitrogens is 2. The smallest absolute Gasteiger partial charge is 0.224 e. The minimum atomic E-state index is 0.470. The maximum Gasteiger partial charge on any atom is 0.224 e. The first kappa shape index (κ1) is 12.9. The molecule has 1 unspecified atom stereocenters. The van der Waals surface area contributed by atoms with Crippen molar-refractivity contribution in [3.05, 3.63) is 42.7 Å². The number of para-hydroxylation sites is 1. The van der Waals surface area contributed by atoms with Crippen LogP contribution < -0.4 is 15.0 Å². The van der Waals surface area contributed by atoms with Gasteiger partial charge in [0.05, 0.1) is 0 Å². The number of anilines is 1. The van der Waals surface area contributed by atoms with E-state index in [0.29, 0.717) is 11.9 Å². The summed E-state index contributed by atoms with van der Waals surface area (Å²) in [7, 11) is 0. The van der Waals surface area contributed by atoms with Crippen molar-refractivity contribution in [2.24, 2.45) is 0 Å². The Morgan fingerprint density at radius 1 is 1.25 bits per heavy atom. The Bertz CT molecular complexity index is 561. The number of ether oxygens (including phenoxy) is 1. The van der Waals surface area contributed by atoms with E-state index in [4.69, 9.17) is 4.74 Å². The molecule has 0 saturated carbocycles. The van der Waals surface area contributed by atoms with Crippen molar-refractivity contribution in [1.82, 2.24) is 15.3 Å². The third-order valence-electron chi connectivity index (χ3n) is 3.29. The second-order valence-electron chi connectivity index (χ2n) is 4.93. The molecule has 1 N–H and O–H groups in total. The van der Waals surface area contributed by atoms with Gasteiger partial charge in [-0.15, -0.1) is 0 Å². The zero-order chi connectivity index (χ0) is 13.8. The molecule has 1 saturated heterocycles. The van der Waals surface area contributed by atoms with Gasteiger partial charge in [-0.2, -0.15) is 0 Å². The predicted octanol–water partition coefficient (Wildman–Crippen LogP) is 2.07. The quantitative estimate of drug-likeness (QED) is 0.925. The zero-order valence-electron chi connectivity index (χ0n) is 11.5. The van der Waals surface area contributed by atoms with Gasteiger partial charge in [0.15, 0.2) is 0 Å². The van der Waals surface area contributed by atoms with E-state index in [1.807, 2.05) is 36.4 Å². The van der Waals surface area contributed by atoms with Crippen LogP contribution in [0.15, 0.2) is 42.7 Å². The van der Waals surface area contributed by atoms with Gasteiger partial charge in [-0.05, 0) is 19.1 Å². The van der Waals surface area contributed by atoms with Gasteiger partial charge in [-0.25, -0.2) is 9.97 Å². The number of nitrogens with one attached hydrogen (secondary N) is 1. The molecule has 2 heterocycles. The highest BCUT2D eigenvalue weighted by molar-refractivity contribution is 5.42. The monoisotopic (exact) mass is 270 g/mol. The van der Waals surface area contributed by atoms with Crippen LogP contribution in [0.1, 0.15) is 6.92 Å². The minimum Gasteiger partial charge on any atom is -0.439 e. The molecule has 1 atom stereocenters. The van der Waals surface area contributed by atoms with Gasteiger partial charge < -0.3 is 15.0 Å². The summed E-state index contributed by atoms with van der Waals surface area (Å²) in [5.41, 5.74) is 0. The summed E-state index contributed by atoms with van der Waals surface area (Å²) in [5.74, 6) is 2.28. The normalized spacial score (nSPS) is 18.9. The minimum absolute atomic E-state index is 0.470. The molecule has 1 aromatic carbocycles. The van der Waals surface area contributed by atoms with Gasteiger partial charge in [-0.1, -0.05) is 18.2 Å². The number of hydrogen-bond donors (Lipinski definition) is 1. The number of benzene rings is 1. The van der Waals surface area contributed by atoms with E-state index in [1.165, 1.54) is 0 Å². The molecule has 3 rings (SSSR count). The Kier molecular flexibility index (Phi) is 3.78. The molecule has 2 aromatic rings. The Hall–Kier alpha value is -2.14. The highest BCUT2D eigenvalue weighted by Crippen LogP contribution is 2.22. The zero-order valence-corrected chi connectivity index (χ0v) is 11.5. The number of rotatable bonds is 3. The predicted molar refractivity (Wildman–Crippen MR) is 78.2 cm³/mol. The summed E-state index contributed by atoms with van der Waals surface area (Å²) in [4.78, 5) is 10.8. The fourth-order valence-electron chi connectivity index (χ4n) is 2.31. The maximum absolute atomic E-state index is 5.74. The van der Waals surface area contributed by atoms with Crippen LogP contribution in [0.3, 0.4) is 0 Å². The molecule has 0 bridgehead atoms. The average Bonchev–Trinajstić information content (AvgIpc) is 2.49. The summed E-state index contributed by atoms with van der Waals surface area (Å²) in [6.07, 6.45) is 1.56.